The second-order valence-electron chi connectivity index (χ2n) is 6.66. The first kappa shape index (κ1) is 16.3. The molecule has 6 heteroatoms. The van der Waals surface area contributed by atoms with Crippen LogP contribution in [0.25, 0.3) is 0 Å². The van der Waals surface area contributed by atoms with Gasteiger partial charge in [-0.1, -0.05) is 12.1 Å². The summed E-state index contributed by atoms with van der Waals surface area (Å²) in [6.45, 7) is 3.54. The van der Waals surface area contributed by atoms with Gasteiger partial charge in [0.25, 0.3) is 5.91 Å². The van der Waals surface area contributed by atoms with E-state index in [1.54, 1.807) is 6.20 Å². The molecule has 132 valence electrons. The molecule has 0 saturated carbocycles. The minimum Gasteiger partial charge on any atom is -0.350 e. The number of aromatic nitrogens is 2. The van der Waals surface area contributed by atoms with E-state index in [1.807, 2.05) is 46.1 Å². The Hall–Kier alpha value is -2.18. The van der Waals surface area contributed by atoms with Crippen LogP contribution in [0.1, 0.15) is 28.8 Å². The normalized spacial score (nSPS) is 21.6. The predicted molar refractivity (Wildman–Crippen MR) is 92.1 cm³/mol. The van der Waals surface area contributed by atoms with Crippen LogP contribution in [0.2, 0.25) is 0 Å². The van der Waals surface area contributed by atoms with E-state index in [0.717, 1.165) is 30.5 Å². The Bertz CT molecular complexity index is 693. The molecule has 0 bridgehead atoms. The third kappa shape index (κ3) is 3.75. The number of likely N-dealkylation sites (tertiary alicyclic amines) is 1. The van der Waals surface area contributed by atoms with Crippen molar-refractivity contribution in [1.29, 1.82) is 0 Å². The molecule has 1 aromatic heterocycles. The highest BCUT2D eigenvalue weighted by molar-refractivity contribution is 5.94. The van der Waals surface area contributed by atoms with Crippen LogP contribution in [-0.4, -0.2) is 53.2 Å². The van der Waals surface area contributed by atoms with Gasteiger partial charge >= 0.3 is 0 Å². The Morgan fingerprint density at radius 3 is 2.72 bits per heavy atom. The molecule has 1 unspecified atom stereocenters. The highest BCUT2D eigenvalue weighted by Crippen LogP contribution is 2.26. The third-order valence-corrected chi connectivity index (χ3v) is 4.88. The fraction of sp³-hybridized carbons (Fsp3) is 0.474. The molecule has 1 amide bonds. The fourth-order valence-corrected chi connectivity index (χ4v) is 3.58. The number of hydrogen-bond acceptors (Lipinski definition) is 4. The molecule has 1 atom stereocenters. The topological polar surface area (TPSA) is 56.6 Å². The van der Waals surface area contributed by atoms with Crippen LogP contribution < -0.4 is 0 Å². The van der Waals surface area contributed by atoms with E-state index >= 15 is 0 Å². The van der Waals surface area contributed by atoms with Gasteiger partial charge < -0.3 is 14.4 Å². The number of piperidine rings is 1. The molecule has 4 rings (SSSR count). The summed E-state index contributed by atoms with van der Waals surface area (Å²) in [6, 6.07) is 9.72. The lowest BCUT2D eigenvalue weighted by Gasteiger charge is -2.34. The molecule has 0 N–H and O–H groups in total. The summed E-state index contributed by atoms with van der Waals surface area (Å²) in [7, 11) is 0. The fourth-order valence-electron chi connectivity index (χ4n) is 3.58. The Morgan fingerprint density at radius 1 is 1.20 bits per heavy atom. The van der Waals surface area contributed by atoms with E-state index < -0.39 is 0 Å². The van der Waals surface area contributed by atoms with Gasteiger partial charge in [0.15, 0.2) is 6.29 Å². The molecule has 2 fully saturated rings. The first-order valence-corrected chi connectivity index (χ1v) is 8.88. The molecule has 0 aliphatic carbocycles. The largest absolute Gasteiger partial charge is 0.350 e. The van der Waals surface area contributed by atoms with Gasteiger partial charge in [0, 0.05) is 37.0 Å². The van der Waals surface area contributed by atoms with E-state index in [4.69, 9.17) is 9.47 Å². The molecule has 6 nitrogen and oxygen atoms in total. The minimum absolute atomic E-state index is 0.0911. The van der Waals surface area contributed by atoms with E-state index in [9.17, 15) is 4.79 Å². The number of carbonyl (C=O) groups excluding carboxylic acids is 1. The van der Waals surface area contributed by atoms with Gasteiger partial charge in [-0.25, -0.2) is 0 Å². The van der Waals surface area contributed by atoms with Crippen molar-refractivity contribution in [3.05, 3.63) is 53.9 Å². The SMILES string of the molecule is O=C(c1ccc(Cn2cccn2)cc1)N1CCCC(C2OCCO2)C1. The summed E-state index contributed by atoms with van der Waals surface area (Å²) in [6.07, 6.45) is 5.60. The van der Waals surface area contributed by atoms with Crippen molar-refractivity contribution in [1.82, 2.24) is 14.7 Å². The smallest absolute Gasteiger partial charge is 0.253 e. The van der Waals surface area contributed by atoms with Gasteiger partial charge in [-0.3, -0.25) is 9.48 Å². The van der Waals surface area contributed by atoms with Crippen molar-refractivity contribution in [3.8, 4) is 0 Å². The van der Waals surface area contributed by atoms with Crippen LogP contribution in [0.4, 0.5) is 0 Å². The highest BCUT2D eigenvalue weighted by atomic mass is 16.7. The van der Waals surface area contributed by atoms with Crippen LogP contribution in [0.3, 0.4) is 0 Å². The van der Waals surface area contributed by atoms with Gasteiger partial charge in [-0.2, -0.15) is 5.10 Å². The van der Waals surface area contributed by atoms with Gasteiger partial charge in [-0.05, 0) is 36.6 Å². The second kappa shape index (κ2) is 7.37. The average molecular weight is 341 g/mol. The number of benzene rings is 1. The minimum atomic E-state index is -0.146. The number of nitrogens with zero attached hydrogens (tertiary/aromatic N) is 3. The van der Waals surface area contributed by atoms with Gasteiger partial charge in [0.05, 0.1) is 19.8 Å². The molecule has 3 heterocycles. The van der Waals surface area contributed by atoms with Crippen molar-refractivity contribution in [3.63, 3.8) is 0 Å². The second-order valence-corrected chi connectivity index (χ2v) is 6.66. The summed E-state index contributed by atoms with van der Waals surface area (Å²) < 4.78 is 13.1. The zero-order valence-corrected chi connectivity index (χ0v) is 14.2. The summed E-state index contributed by atoms with van der Waals surface area (Å²) in [5, 5.41) is 4.21. The van der Waals surface area contributed by atoms with Gasteiger partial charge in [0.1, 0.15) is 0 Å². The standard InChI is InChI=1S/C19H23N3O3/c23-18(21-9-1-3-17(14-21)19-24-11-12-25-19)16-6-4-15(5-7-16)13-22-10-2-8-20-22/h2,4-8,10,17,19H,1,3,9,11-14H2. The maximum absolute atomic E-state index is 12.8. The molecule has 2 saturated heterocycles. The number of amides is 1. The van der Waals surface area contributed by atoms with Gasteiger partial charge in [0.2, 0.25) is 0 Å². The van der Waals surface area contributed by atoms with Crippen molar-refractivity contribution >= 4 is 5.91 Å². The molecule has 0 radical (unpaired) electrons. The summed E-state index contributed by atoms with van der Waals surface area (Å²) in [5.74, 6) is 0.368. The zero-order valence-electron chi connectivity index (χ0n) is 14.2. The predicted octanol–water partition coefficient (Wildman–Crippen LogP) is 2.16. The molecule has 2 aliphatic heterocycles. The lowest BCUT2D eigenvalue weighted by atomic mass is 9.96. The lowest BCUT2D eigenvalue weighted by Crippen LogP contribution is -2.43. The monoisotopic (exact) mass is 341 g/mol. The number of hydrogen-bond donors (Lipinski definition) is 0. The number of ether oxygens (including phenoxy) is 2. The van der Waals surface area contributed by atoms with E-state index in [-0.39, 0.29) is 18.1 Å². The number of carbonyl (C=O) groups is 1. The van der Waals surface area contributed by atoms with Crippen molar-refractivity contribution in [2.24, 2.45) is 5.92 Å². The third-order valence-electron chi connectivity index (χ3n) is 4.88. The Labute approximate surface area is 147 Å². The summed E-state index contributed by atoms with van der Waals surface area (Å²) in [4.78, 5) is 14.7. The Kier molecular flexibility index (Phi) is 4.81. The maximum Gasteiger partial charge on any atom is 0.253 e. The Morgan fingerprint density at radius 2 is 2.00 bits per heavy atom. The molecular weight excluding hydrogens is 318 g/mol. The quantitative estimate of drug-likeness (QED) is 0.855. The van der Waals surface area contributed by atoms with E-state index in [0.29, 0.717) is 26.3 Å². The molecule has 1 aromatic carbocycles. The highest BCUT2D eigenvalue weighted by Gasteiger charge is 2.32. The van der Waals surface area contributed by atoms with Crippen LogP contribution in [0, 0.1) is 5.92 Å². The molecule has 25 heavy (non-hydrogen) atoms. The Balaban J connectivity index is 1.39. The lowest BCUT2D eigenvalue weighted by molar-refractivity contribution is -0.0969. The summed E-state index contributed by atoms with van der Waals surface area (Å²) >= 11 is 0. The average Bonchev–Trinajstić information content (AvgIpc) is 3.36. The first-order chi connectivity index (χ1) is 12.3. The van der Waals surface area contributed by atoms with Crippen LogP contribution in [-0.2, 0) is 16.0 Å². The first-order valence-electron chi connectivity index (χ1n) is 8.88. The zero-order chi connectivity index (χ0) is 17.1. The molecular formula is C19H23N3O3. The van der Waals surface area contributed by atoms with E-state index in [1.165, 1.54) is 0 Å². The van der Waals surface area contributed by atoms with Gasteiger partial charge in [-0.15, -0.1) is 0 Å². The van der Waals surface area contributed by atoms with Crippen LogP contribution in [0.15, 0.2) is 42.7 Å². The van der Waals surface area contributed by atoms with Crippen LogP contribution in [0.5, 0.6) is 0 Å². The van der Waals surface area contributed by atoms with Crippen molar-refractivity contribution in [2.45, 2.75) is 25.7 Å². The summed E-state index contributed by atoms with van der Waals surface area (Å²) in [5.41, 5.74) is 1.86. The maximum atomic E-state index is 12.8. The number of rotatable bonds is 4. The molecule has 2 aliphatic rings. The van der Waals surface area contributed by atoms with Crippen LogP contribution >= 0.6 is 0 Å². The molecule has 0 spiro atoms. The van der Waals surface area contributed by atoms with E-state index in [2.05, 4.69) is 5.10 Å². The van der Waals surface area contributed by atoms with Crippen molar-refractivity contribution in [2.75, 3.05) is 26.3 Å². The molecule has 2 aromatic rings. The van der Waals surface area contributed by atoms with Crippen molar-refractivity contribution < 1.29 is 14.3 Å².